The van der Waals surface area contributed by atoms with E-state index in [2.05, 4.69) is 29.2 Å². The van der Waals surface area contributed by atoms with Gasteiger partial charge in [0.25, 0.3) is 0 Å². The van der Waals surface area contributed by atoms with Crippen LogP contribution in [-0.2, 0) is 0 Å². The van der Waals surface area contributed by atoms with E-state index < -0.39 is 0 Å². The Morgan fingerprint density at radius 2 is 1.59 bits per heavy atom. The molecule has 2 aromatic rings. The summed E-state index contributed by atoms with van der Waals surface area (Å²) in [6, 6.07) is 16.6. The van der Waals surface area contributed by atoms with E-state index in [-0.39, 0.29) is 0 Å². The monoisotopic (exact) mass is 263 g/mol. The molecule has 0 aliphatic carbocycles. The van der Waals surface area contributed by atoms with Gasteiger partial charge in [-0.15, -0.1) is 0 Å². The smallest absolute Gasteiger partial charge is 0.0718 e. The molecule has 17 heavy (non-hydrogen) atoms. The van der Waals surface area contributed by atoms with E-state index in [1.54, 1.807) is 6.07 Å². The van der Waals surface area contributed by atoms with Crippen molar-refractivity contribution in [3.05, 3.63) is 64.1 Å². The minimum Gasteiger partial charge on any atom is -0.360 e. The molecule has 1 fully saturated rings. The van der Waals surface area contributed by atoms with Gasteiger partial charge < -0.3 is 4.90 Å². The van der Waals surface area contributed by atoms with Crippen LogP contribution in [-0.4, -0.2) is 6.54 Å². The second-order valence-electron chi connectivity index (χ2n) is 4.21. The lowest BCUT2D eigenvalue weighted by Gasteiger charge is -2.07. The van der Waals surface area contributed by atoms with Gasteiger partial charge in [-0.25, -0.2) is 0 Å². The van der Waals surface area contributed by atoms with E-state index >= 15 is 0 Å². The molecule has 1 saturated heterocycles. The van der Waals surface area contributed by atoms with Crippen molar-refractivity contribution in [2.45, 2.75) is 6.04 Å². The van der Waals surface area contributed by atoms with E-state index in [4.69, 9.17) is 23.2 Å². The first-order valence-corrected chi connectivity index (χ1v) is 6.27. The zero-order chi connectivity index (χ0) is 11.8. The summed E-state index contributed by atoms with van der Waals surface area (Å²) in [5.74, 6) is 0. The topological polar surface area (TPSA) is 3.01 Å². The summed E-state index contributed by atoms with van der Waals surface area (Å²) in [5.41, 5.74) is 2.43. The van der Waals surface area contributed by atoms with Crippen LogP contribution in [0.4, 0.5) is 5.69 Å². The second kappa shape index (κ2) is 4.25. The fourth-order valence-corrected chi connectivity index (χ4v) is 2.60. The molecule has 0 N–H and O–H groups in total. The first-order chi connectivity index (χ1) is 8.24. The zero-order valence-corrected chi connectivity index (χ0v) is 10.6. The molecule has 0 spiro atoms. The molecule has 0 bridgehead atoms. The third kappa shape index (κ3) is 2.26. The van der Waals surface area contributed by atoms with Crippen molar-refractivity contribution in [1.82, 2.24) is 0 Å². The lowest BCUT2D eigenvalue weighted by molar-refractivity contribution is 1.13. The van der Waals surface area contributed by atoms with Gasteiger partial charge in [-0.05, 0) is 23.8 Å². The Bertz CT molecular complexity index is 519. The maximum atomic E-state index is 6.00. The number of anilines is 1. The standard InChI is InChI=1S/C14H11Cl2N/c15-11-6-12(16)8-13(7-11)17-9-14(17)10-4-2-1-3-5-10/h1-8,14H,9H2. The van der Waals surface area contributed by atoms with Crippen LogP contribution in [0, 0.1) is 0 Å². The van der Waals surface area contributed by atoms with Gasteiger partial charge in [-0.1, -0.05) is 53.5 Å². The Hall–Kier alpha value is -1.18. The van der Waals surface area contributed by atoms with Gasteiger partial charge in [-0.2, -0.15) is 0 Å². The van der Waals surface area contributed by atoms with E-state index in [0.29, 0.717) is 16.1 Å². The molecule has 2 aromatic carbocycles. The van der Waals surface area contributed by atoms with Crippen molar-refractivity contribution < 1.29 is 0 Å². The summed E-state index contributed by atoms with van der Waals surface area (Å²) in [4.78, 5) is 2.28. The van der Waals surface area contributed by atoms with Gasteiger partial charge in [0.2, 0.25) is 0 Å². The molecule has 1 heterocycles. The van der Waals surface area contributed by atoms with Crippen molar-refractivity contribution in [2.24, 2.45) is 0 Å². The Morgan fingerprint density at radius 1 is 0.941 bits per heavy atom. The third-order valence-electron chi connectivity index (χ3n) is 2.98. The van der Waals surface area contributed by atoms with Crippen LogP contribution in [0.1, 0.15) is 11.6 Å². The third-order valence-corrected chi connectivity index (χ3v) is 3.41. The molecule has 3 heteroatoms. The van der Waals surface area contributed by atoms with Crippen LogP contribution in [0.2, 0.25) is 10.0 Å². The number of hydrogen-bond donors (Lipinski definition) is 0. The summed E-state index contributed by atoms with van der Waals surface area (Å²) in [7, 11) is 0. The molecule has 0 aromatic heterocycles. The predicted octanol–water partition coefficient (Wildman–Crippen LogP) is 4.55. The van der Waals surface area contributed by atoms with Gasteiger partial charge in [0.1, 0.15) is 0 Å². The maximum absolute atomic E-state index is 6.00. The minimum absolute atomic E-state index is 0.464. The Morgan fingerprint density at radius 3 is 2.24 bits per heavy atom. The molecule has 1 aliphatic heterocycles. The lowest BCUT2D eigenvalue weighted by atomic mass is 10.2. The average molecular weight is 264 g/mol. The number of benzene rings is 2. The summed E-state index contributed by atoms with van der Waals surface area (Å²) in [6.45, 7) is 1.03. The van der Waals surface area contributed by atoms with E-state index in [1.807, 2.05) is 18.2 Å². The Kier molecular flexibility index (Phi) is 2.73. The van der Waals surface area contributed by atoms with E-state index in [0.717, 1.165) is 12.2 Å². The molecule has 3 rings (SSSR count). The fourth-order valence-electron chi connectivity index (χ4n) is 2.09. The number of nitrogens with zero attached hydrogens (tertiary/aromatic N) is 1. The quantitative estimate of drug-likeness (QED) is 0.719. The maximum Gasteiger partial charge on any atom is 0.0718 e. The van der Waals surface area contributed by atoms with Gasteiger partial charge in [0.15, 0.2) is 0 Å². The highest BCUT2D eigenvalue weighted by atomic mass is 35.5. The van der Waals surface area contributed by atoms with Crippen molar-refractivity contribution >= 4 is 28.9 Å². The van der Waals surface area contributed by atoms with Crippen LogP contribution in [0.3, 0.4) is 0 Å². The zero-order valence-electron chi connectivity index (χ0n) is 9.11. The van der Waals surface area contributed by atoms with E-state index in [1.165, 1.54) is 5.56 Å². The second-order valence-corrected chi connectivity index (χ2v) is 5.08. The molecule has 1 nitrogen and oxygen atoms in total. The Labute approximate surface area is 111 Å². The fraction of sp³-hybridized carbons (Fsp3) is 0.143. The summed E-state index contributed by atoms with van der Waals surface area (Å²) >= 11 is 12.0. The van der Waals surface area contributed by atoms with Crippen molar-refractivity contribution in [2.75, 3.05) is 11.4 Å². The van der Waals surface area contributed by atoms with Gasteiger partial charge in [0.05, 0.1) is 6.04 Å². The number of hydrogen-bond acceptors (Lipinski definition) is 1. The van der Waals surface area contributed by atoms with Gasteiger partial charge in [-0.3, -0.25) is 0 Å². The van der Waals surface area contributed by atoms with Gasteiger partial charge >= 0.3 is 0 Å². The summed E-state index contributed by atoms with van der Waals surface area (Å²) < 4.78 is 0. The summed E-state index contributed by atoms with van der Waals surface area (Å²) in [6.07, 6.45) is 0. The number of halogens is 2. The highest BCUT2D eigenvalue weighted by molar-refractivity contribution is 6.35. The van der Waals surface area contributed by atoms with E-state index in [9.17, 15) is 0 Å². The molecule has 0 amide bonds. The van der Waals surface area contributed by atoms with Crippen LogP contribution in [0.15, 0.2) is 48.5 Å². The number of rotatable bonds is 2. The highest BCUT2D eigenvalue weighted by Crippen LogP contribution is 2.41. The van der Waals surface area contributed by atoms with Crippen LogP contribution < -0.4 is 4.90 Å². The highest BCUT2D eigenvalue weighted by Gasteiger charge is 2.35. The SMILES string of the molecule is Clc1cc(Cl)cc(N2CC2c2ccccc2)c1. The normalized spacial score (nSPS) is 18.2. The Balaban J connectivity index is 1.85. The first-order valence-electron chi connectivity index (χ1n) is 5.52. The molecular formula is C14H11Cl2N. The molecule has 0 saturated carbocycles. The molecule has 0 radical (unpaired) electrons. The van der Waals surface area contributed by atoms with Crippen LogP contribution >= 0.6 is 23.2 Å². The largest absolute Gasteiger partial charge is 0.360 e. The molecule has 1 atom stereocenters. The minimum atomic E-state index is 0.464. The van der Waals surface area contributed by atoms with Gasteiger partial charge in [0, 0.05) is 22.3 Å². The predicted molar refractivity (Wildman–Crippen MR) is 73.0 cm³/mol. The molecular weight excluding hydrogens is 253 g/mol. The van der Waals surface area contributed by atoms with Crippen LogP contribution in [0.5, 0.6) is 0 Å². The first kappa shape index (κ1) is 10.9. The van der Waals surface area contributed by atoms with Crippen molar-refractivity contribution in [1.29, 1.82) is 0 Å². The van der Waals surface area contributed by atoms with Crippen LogP contribution in [0.25, 0.3) is 0 Å². The lowest BCUT2D eigenvalue weighted by Crippen LogP contribution is -1.94. The van der Waals surface area contributed by atoms with Crippen molar-refractivity contribution in [3.63, 3.8) is 0 Å². The average Bonchev–Trinajstić information content (AvgIpc) is 3.09. The molecule has 1 unspecified atom stereocenters. The molecule has 86 valence electrons. The van der Waals surface area contributed by atoms with Crippen molar-refractivity contribution in [3.8, 4) is 0 Å². The summed E-state index contributed by atoms with van der Waals surface area (Å²) in [5, 5.41) is 1.37. The molecule has 1 aliphatic rings.